The van der Waals surface area contributed by atoms with Gasteiger partial charge < -0.3 is 9.84 Å². The number of benzene rings is 1. The predicted molar refractivity (Wildman–Crippen MR) is 62.4 cm³/mol. The van der Waals surface area contributed by atoms with Crippen molar-refractivity contribution in [2.24, 2.45) is 0 Å². The zero-order valence-corrected chi connectivity index (χ0v) is 9.49. The summed E-state index contributed by atoms with van der Waals surface area (Å²) in [4.78, 5) is 10.7. The summed E-state index contributed by atoms with van der Waals surface area (Å²) in [6.07, 6.45) is 3.45. The highest BCUT2D eigenvalue weighted by Crippen LogP contribution is 2.14. The third-order valence-corrected chi connectivity index (χ3v) is 2.26. The van der Waals surface area contributed by atoms with Gasteiger partial charge in [-0.25, -0.2) is 9.18 Å². The number of aromatic carboxylic acids is 1. The number of hydrogen-bond donors (Lipinski definition) is 1. The van der Waals surface area contributed by atoms with Crippen molar-refractivity contribution in [1.82, 2.24) is 0 Å². The molecule has 0 bridgehead atoms. The molecular formula is C13H15FO3. The van der Waals surface area contributed by atoms with Gasteiger partial charge in [-0.15, -0.1) is 6.58 Å². The number of halogens is 1. The number of hydrogen-bond acceptors (Lipinski definition) is 2. The lowest BCUT2D eigenvalue weighted by atomic mass is 10.1. The van der Waals surface area contributed by atoms with E-state index in [2.05, 4.69) is 6.58 Å². The highest BCUT2D eigenvalue weighted by molar-refractivity contribution is 5.88. The third-order valence-electron chi connectivity index (χ3n) is 2.26. The SMILES string of the molecule is C=CCCCOCc1cccc(C(=O)O)c1F. The van der Waals surface area contributed by atoms with E-state index in [0.717, 1.165) is 12.8 Å². The number of allylic oxidation sites excluding steroid dienone is 1. The van der Waals surface area contributed by atoms with Gasteiger partial charge in [0.05, 0.1) is 12.2 Å². The van der Waals surface area contributed by atoms with Crippen molar-refractivity contribution >= 4 is 5.97 Å². The monoisotopic (exact) mass is 238 g/mol. The fourth-order valence-electron chi connectivity index (χ4n) is 1.37. The van der Waals surface area contributed by atoms with Gasteiger partial charge in [0.1, 0.15) is 5.82 Å². The van der Waals surface area contributed by atoms with Crippen molar-refractivity contribution in [3.63, 3.8) is 0 Å². The van der Waals surface area contributed by atoms with Crippen LogP contribution in [0.15, 0.2) is 30.9 Å². The van der Waals surface area contributed by atoms with E-state index in [1.165, 1.54) is 18.2 Å². The normalized spacial score (nSPS) is 10.2. The molecule has 0 radical (unpaired) electrons. The van der Waals surface area contributed by atoms with Gasteiger partial charge in [-0.1, -0.05) is 18.2 Å². The summed E-state index contributed by atoms with van der Waals surface area (Å²) < 4.78 is 18.9. The predicted octanol–water partition coefficient (Wildman–Crippen LogP) is 3.01. The van der Waals surface area contributed by atoms with E-state index in [1.54, 1.807) is 6.08 Å². The summed E-state index contributed by atoms with van der Waals surface area (Å²) in [6.45, 7) is 4.17. The molecule has 0 aliphatic heterocycles. The second kappa shape index (κ2) is 6.81. The highest BCUT2D eigenvalue weighted by atomic mass is 19.1. The number of carboxylic acids is 1. The highest BCUT2D eigenvalue weighted by Gasteiger charge is 2.13. The molecular weight excluding hydrogens is 223 g/mol. The molecule has 1 rings (SSSR count). The summed E-state index contributed by atoms with van der Waals surface area (Å²) in [7, 11) is 0. The van der Waals surface area contributed by atoms with Crippen molar-refractivity contribution in [2.75, 3.05) is 6.61 Å². The first-order chi connectivity index (χ1) is 8.16. The Morgan fingerprint density at radius 3 is 2.94 bits per heavy atom. The summed E-state index contributed by atoms with van der Waals surface area (Å²) in [5.41, 5.74) is -0.0549. The van der Waals surface area contributed by atoms with Gasteiger partial charge in [0.15, 0.2) is 0 Å². The maximum Gasteiger partial charge on any atom is 0.338 e. The quantitative estimate of drug-likeness (QED) is 0.586. The Labute approximate surface area is 99.5 Å². The molecule has 1 aromatic rings. The first-order valence-electron chi connectivity index (χ1n) is 5.36. The van der Waals surface area contributed by atoms with Crippen LogP contribution in [-0.4, -0.2) is 17.7 Å². The van der Waals surface area contributed by atoms with Gasteiger partial charge in [0.2, 0.25) is 0 Å². The van der Waals surface area contributed by atoms with Gasteiger partial charge in [-0.05, 0) is 18.9 Å². The molecule has 0 atom stereocenters. The first-order valence-corrected chi connectivity index (χ1v) is 5.36. The number of unbranched alkanes of at least 4 members (excludes halogenated alkanes) is 1. The minimum absolute atomic E-state index is 0.0874. The molecule has 0 spiro atoms. The maximum atomic E-state index is 13.6. The van der Waals surface area contributed by atoms with Crippen LogP contribution in [0.3, 0.4) is 0 Å². The van der Waals surface area contributed by atoms with Crippen LogP contribution in [0.4, 0.5) is 4.39 Å². The number of rotatable bonds is 7. The molecule has 1 N–H and O–H groups in total. The van der Waals surface area contributed by atoms with Crippen LogP contribution in [0.2, 0.25) is 0 Å². The van der Waals surface area contributed by atoms with Crippen LogP contribution in [0, 0.1) is 5.82 Å². The zero-order valence-electron chi connectivity index (χ0n) is 9.49. The van der Waals surface area contributed by atoms with Gasteiger partial charge in [0.25, 0.3) is 0 Å². The van der Waals surface area contributed by atoms with E-state index in [9.17, 15) is 9.18 Å². The molecule has 3 nitrogen and oxygen atoms in total. The Balaban J connectivity index is 2.56. The van der Waals surface area contributed by atoms with E-state index >= 15 is 0 Å². The number of ether oxygens (including phenoxy) is 1. The second-order valence-electron chi connectivity index (χ2n) is 3.57. The van der Waals surface area contributed by atoms with Gasteiger partial charge >= 0.3 is 5.97 Å². The Morgan fingerprint density at radius 1 is 1.53 bits per heavy atom. The van der Waals surface area contributed by atoms with E-state index in [0.29, 0.717) is 6.61 Å². The molecule has 4 heteroatoms. The van der Waals surface area contributed by atoms with Crippen LogP contribution < -0.4 is 0 Å². The molecule has 0 unspecified atom stereocenters. The van der Waals surface area contributed by atoms with Crippen molar-refractivity contribution in [2.45, 2.75) is 19.4 Å². The summed E-state index contributed by atoms with van der Waals surface area (Å²) in [5, 5.41) is 8.74. The van der Waals surface area contributed by atoms with Crippen LogP contribution in [0.1, 0.15) is 28.8 Å². The van der Waals surface area contributed by atoms with Crippen LogP contribution in [-0.2, 0) is 11.3 Å². The molecule has 0 amide bonds. The van der Waals surface area contributed by atoms with Crippen LogP contribution in [0.5, 0.6) is 0 Å². The van der Waals surface area contributed by atoms with E-state index in [4.69, 9.17) is 9.84 Å². The molecule has 92 valence electrons. The molecule has 0 aromatic heterocycles. The Bertz CT molecular complexity index is 402. The number of carbonyl (C=O) groups is 1. The molecule has 0 aliphatic carbocycles. The Kier molecular flexibility index (Phi) is 5.36. The van der Waals surface area contributed by atoms with Gasteiger partial charge in [0, 0.05) is 12.2 Å². The molecule has 1 aromatic carbocycles. The van der Waals surface area contributed by atoms with E-state index in [-0.39, 0.29) is 17.7 Å². The molecule has 0 fully saturated rings. The fourth-order valence-corrected chi connectivity index (χ4v) is 1.37. The summed E-state index contributed by atoms with van der Waals surface area (Å²) in [6, 6.07) is 4.27. The molecule has 0 saturated heterocycles. The summed E-state index contributed by atoms with van der Waals surface area (Å²) in [5.74, 6) is -1.99. The van der Waals surface area contributed by atoms with Crippen LogP contribution in [0.25, 0.3) is 0 Å². The minimum Gasteiger partial charge on any atom is -0.478 e. The second-order valence-corrected chi connectivity index (χ2v) is 3.57. The molecule has 0 heterocycles. The Hall–Kier alpha value is -1.68. The van der Waals surface area contributed by atoms with E-state index < -0.39 is 11.8 Å². The van der Waals surface area contributed by atoms with E-state index in [1.807, 2.05) is 0 Å². The lowest BCUT2D eigenvalue weighted by Gasteiger charge is -2.06. The van der Waals surface area contributed by atoms with Gasteiger partial charge in [-0.3, -0.25) is 0 Å². The molecule has 17 heavy (non-hydrogen) atoms. The third kappa shape index (κ3) is 4.00. The topological polar surface area (TPSA) is 46.5 Å². The zero-order chi connectivity index (χ0) is 12.7. The van der Waals surface area contributed by atoms with Crippen molar-refractivity contribution in [3.8, 4) is 0 Å². The number of carboxylic acid groups (broad SMARTS) is 1. The average molecular weight is 238 g/mol. The standard InChI is InChI=1S/C13H15FO3/c1-2-3-4-8-17-9-10-6-5-7-11(12(10)14)13(15)16/h2,5-7H,1,3-4,8-9H2,(H,15,16). The maximum absolute atomic E-state index is 13.6. The lowest BCUT2D eigenvalue weighted by molar-refractivity contribution is 0.0690. The van der Waals surface area contributed by atoms with Crippen molar-refractivity contribution in [1.29, 1.82) is 0 Å². The van der Waals surface area contributed by atoms with Crippen molar-refractivity contribution in [3.05, 3.63) is 47.8 Å². The molecule has 0 aliphatic rings. The minimum atomic E-state index is -1.27. The lowest BCUT2D eigenvalue weighted by Crippen LogP contribution is -2.05. The van der Waals surface area contributed by atoms with Crippen molar-refractivity contribution < 1.29 is 19.0 Å². The smallest absolute Gasteiger partial charge is 0.338 e. The molecule has 0 saturated carbocycles. The first kappa shape index (κ1) is 13.4. The largest absolute Gasteiger partial charge is 0.478 e. The average Bonchev–Trinajstić information content (AvgIpc) is 2.30. The fraction of sp³-hybridized carbons (Fsp3) is 0.308. The van der Waals surface area contributed by atoms with Crippen LogP contribution >= 0.6 is 0 Å². The summed E-state index contributed by atoms with van der Waals surface area (Å²) >= 11 is 0. The Morgan fingerprint density at radius 2 is 2.29 bits per heavy atom. The van der Waals surface area contributed by atoms with Gasteiger partial charge in [-0.2, -0.15) is 0 Å².